The van der Waals surface area contributed by atoms with Crippen molar-refractivity contribution < 1.29 is 33.5 Å². The van der Waals surface area contributed by atoms with Gasteiger partial charge in [-0.3, -0.25) is 24.5 Å². The van der Waals surface area contributed by atoms with E-state index in [0.717, 1.165) is 40.8 Å². The molecule has 0 bridgehead atoms. The molecule has 0 saturated heterocycles. The van der Waals surface area contributed by atoms with Gasteiger partial charge >= 0.3 is 5.69 Å². The second-order valence-electron chi connectivity index (χ2n) is 14.4. The van der Waals surface area contributed by atoms with Gasteiger partial charge in [-0.1, -0.05) is 6.07 Å². The van der Waals surface area contributed by atoms with Crippen molar-refractivity contribution in [1.82, 2.24) is 0 Å². The first kappa shape index (κ1) is 37.1. The number of Topliss-reactive ketones (excluding diaryl/α,β-unsaturated/α-hetero) is 3. The Kier molecular flexibility index (Phi) is 10.6. The largest absolute Gasteiger partial charge is 0.497 e. The smallest absolute Gasteiger partial charge is 0.311 e. The second kappa shape index (κ2) is 14.0. The van der Waals surface area contributed by atoms with E-state index in [0.29, 0.717) is 42.9 Å². The zero-order valence-electron chi connectivity index (χ0n) is 30.1. The number of nitrogen functional groups attached to an aromatic ring is 1. The van der Waals surface area contributed by atoms with Crippen molar-refractivity contribution in [2.75, 3.05) is 27.1 Å². The maximum Gasteiger partial charge on any atom is 0.311 e. The molecular formula is C39H48N2O8. The molecular weight excluding hydrogens is 624 g/mol. The summed E-state index contributed by atoms with van der Waals surface area (Å²) in [5.41, 5.74) is 11.3. The first-order valence-electron chi connectivity index (χ1n) is 16.5. The van der Waals surface area contributed by atoms with Crippen molar-refractivity contribution in [2.24, 2.45) is 0 Å². The third-order valence-electron chi connectivity index (χ3n) is 10.3. The SMILES string of the molecule is COc1cc2c(cc1N)C(C)(C)C(=O)CC2.COc1cc2c(cc1[N+](=O)[O-])C(C)(C)C(=O)CC2.COc1ccc2c(c1)CCC(=O)C2(C)C. The standard InChI is InChI=1S/C13H15NO4.C13H17NO2.C13H16O2/c1-13(2)9-7-10(14(16)17)11(18-3)6-8(9)4-5-12(13)15;1-13(2)9-7-10(14)11(16-3)6-8(9)4-5-12(13)15;1-13(2)11-6-5-10(15-3)8-9(11)4-7-12(13)14/h6-7H,4-5H2,1-3H3;6-7H,4-5,14H2,1-3H3;5-6,8H,4,7H2,1-3H3. The van der Waals surface area contributed by atoms with Crippen LogP contribution in [0.1, 0.15) is 94.2 Å². The predicted octanol–water partition coefficient (Wildman–Crippen LogP) is 6.95. The monoisotopic (exact) mass is 672 g/mol. The molecule has 0 atom stereocenters. The summed E-state index contributed by atoms with van der Waals surface area (Å²) < 4.78 is 15.4. The lowest BCUT2D eigenvalue weighted by atomic mass is 9.71. The number of nitrogens with zero attached hydrogens (tertiary/aromatic N) is 1. The van der Waals surface area contributed by atoms with Crippen LogP contribution in [-0.4, -0.2) is 43.6 Å². The molecule has 262 valence electrons. The Balaban J connectivity index is 0.000000166. The number of methoxy groups -OCH3 is 3. The molecule has 0 radical (unpaired) electrons. The maximum absolute atomic E-state index is 11.9. The van der Waals surface area contributed by atoms with Crippen LogP contribution in [0.25, 0.3) is 0 Å². The normalized spacial score (nSPS) is 17.9. The second-order valence-corrected chi connectivity index (χ2v) is 14.4. The number of carbonyl (C=O) groups excluding carboxylic acids is 3. The number of nitrogens with two attached hydrogens (primary N) is 1. The van der Waals surface area contributed by atoms with E-state index in [1.54, 1.807) is 20.3 Å². The van der Waals surface area contributed by atoms with Gasteiger partial charge in [-0.15, -0.1) is 0 Å². The number of fused-ring (bicyclic) bond motifs is 3. The molecule has 0 unspecified atom stereocenters. The molecule has 10 nitrogen and oxygen atoms in total. The number of benzene rings is 3. The van der Waals surface area contributed by atoms with E-state index in [2.05, 4.69) is 0 Å². The van der Waals surface area contributed by atoms with Crippen LogP contribution in [0.15, 0.2) is 42.5 Å². The van der Waals surface area contributed by atoms with E-state index in [-0.39, 0.29) is 28.4 Å². The first-order valence-corrected chi connectivity index (χ1v) is 16.5. The molecule has 0 aliphatic heterocycles. The molecule has 0 spiro atoms. The maximum atomic E-state index is 11.9. The minimum atomic E-state index is -0.662. The van der Waals surface area contributed by atoms with Gasteiger partial charge in [-0.25, -0.2) is 0 Å². The Bertz CT molecular complexity index is 1800. The summed E-state index contributed by atoms with van der Waals surface area (Å²) in [4.78, 5) is 46.1. The fourth-order valence-corrected chi connectivity index (χ4v) is 6.96. The fourth-order valence-electron chi connectivity index (χ4n) is 6.96. The van der Waals surface area contributed by atoms with Crippen molar-refractivity contribution in [2.45, 2.75) is 96.3 Å². The molecule has 3 aliphatic rings. The Morgan fingerprint density at radius 1 is 0.592 bits per heavy atom. The number of aryl methyl sites for hydroxylation is 3. The van der Waals surface area contributed by atoms with E-state index in [4.69, 9.17) is 19.9 Å². The van der Waals surface area contributed by atoms with Crippen molar-refractivity contribution in [3.05, 3.63) is 86.0 Å². The summed E-state index contributed by atoms with van der Waals surface area (Å²) in [6.45, 7) is 11.5. The van der Waals surface area contributed by atoms with Gasteiger partial charge in [0, 0.05) is 41.6 Å². The molecule has 0 aromatic heterocycles. The number of nitro benzene ring substituents is 1. The molecule has 2 N–H and O–H groups in total. The number of hydrogen-bond acceptors (Lipinski definition) is 9. The number of ether oxygens (including phenoxy) is 3. The van der Waals surface area contributed by atoms with Crippen molar-refractivity contribution in [1.29, 1.82) is 0 Å². The Hall–Kier alpha value is -4.73. The molecule has 3 aromatic carbocycles. The van der Waals surface area contributed by atoms with Crippen molar-refractivity contribution in [3.8, 4) is 17.2 Å². The highest BCUT2D eigenvalue weighted by atomic mass is 16.6. The average molecular weight is 673 g/mol. The third-order valence-corrected chi connectivity index (χ3v) is 10.3. The molecule has 3 aromatic rings. The Labute approximate surface area is 288 Å². The van der Waals surface area contributed by atoms with Gasteiger partial charge in [0.2, 0.25) is 0 Å². The van der Waals surface area contributed by atoms with Gasteiger partial charge in [-0.2, -0.15) is 0 Å². The van der Waals surface area contributed by atoms with E-state index >= 15 is 0 Å². The van der Waals surface area contributed by atoms with Crippen LogP contribution in [0.4, 0.5) is 11.4 Å². The molecule has 0 amide bonds. The van der Waals surface area contributed by atoms with Gasteiger partial charge in [0.25, 0.3) is 0 Å². The van der Waals surface area contributed by atoms with Crippen LogP contribution >= 0.6 is 0 Å². The first-order chi connectivity index (χ1) is 22.9. The van der Waals surface area contributed by atoms with E-state index in [1.807, 2.05) is 71.9 Å². The van der Waals surface area contributed by atoms with Crippen LogP contribution in [0, 0.1) is 10.1 Å². The topological polar surface area (TPSA) is 148 Å². The highest BCUT2D eigenvalue weighted by molar-refractivity contribution is 5.93. The molecule has 0 saturated carbocycles. The van der Waals surface area contributed by atoms with Crippen LogP contribution in [0.3, 0.4) is 0 Å². The van der Waals surface area contributed by atoms with Gasteiger partial charge in [0.1, 0.15) is 28.8 Å². The number of hydrogen-bond donors (Lipinski definition) is 1. The predicted molar refractivity (Wildman–Crippen MR) is 189 cm³/mol. The van der Waals surface area contributed by atoms with Crippen LogP contribution in [0.5, 0.6) is 17.2 Å². The van der Waals surface area contributed by atoms with Crippen molar-refractivity contribution >= 4 is 28.7 Å². The summed E-state index contributed by atoms with van der Waals surface area (Å²) in [6, 6.07) is 13.0. The van der Waals surface area contributed by atoms with Crippen LogP contribution in [0.2, 0.25) is 0 Å². The summed E-state index contributed by atoms with van der Waals surface area (Å²) >= 11 is 0. The van der Waals surface area contributed by atoms with Gasteiger partial charge in [0.05, 0.1) is 31.9 Å². The third kappa shape index (κ3) is 7.19. The lowest BCUT2D eigenvalue weighted by molar-refractivity contribution is -0.385. The minimum absolute atomic E-state index is 0.0842. The number of rotatable bonds is 4. The van der Waals surface area contributed by atoms with E-state index < -0.39 is 15.8 Å². The van der Waals surface area contributed by atoms with E-state index in [9.17, 15) is 24.5 Å². The van der Waals surface area contributed by atoms with Crippen LogP contribution in [-0.2, 0) is 49.9 Å². The minimum Gasteiger partial charge on any atom is -0.497 e. The molecule has 3 aliphatic carbocycles. The Morgan fingerprint density at radius 2 is 1.02 bits per heavy atom. The number of nitro groups is 1. The van der Waals surface area contributed by atoms with Gasteiger partial charge < -0.3 is 19.9 Å². The number of anilines is 1. The Morgan fingerprint density at radius 3 is 1.47 bits per heavy atom. The van der Waals surface area contributed by atoms with Crippen LogP contribution < -0.4 is 19.9 Å². The molecule has 0 heterocycles. The summed E-state index contributed by atoms with van der Waals surface area (Å²) in [5, 5.41) is 11.0. The summed E-state index contributed by atoms with van der Waals surface area (Å²) in [6.07, 6.45) is 3.97. The lowest BCUT2D eigenvalue weighted by Crippen LogP contribution is -2.34. The highest BCUT2D eigenvalue weighted by Crippen LogP contribution is 2.41. The quantitative estimate of drug-likeness (QED) is 0.176. The number of ketones is 3. The fraction of sp³-hybridized carbons (Fsp3) is 0.462. The summed E-state index contributed by atoms with van der Waals surface area (Å²) in [5.74, 6) is 2.56. The lowest BCUT2D eigenvalue weighted by Gasteiger charge is -2.31. The zero-order chi connectivity index (χ0) is 36.5. The molecule has 6 rings (SSSR count). The molecule has 0 fully saturated rings. The zero-order valence-corrected chi connectivity index (χ0v) is 30.1. The molecule has 10 heteroatoms. The van der Waals surface area contributed by atoms with E-state index in [1.165, 1.54) is 24.3 Å². The molecule has 49 heavy (non-hydrogen) atoms. The van der Waals surface area contributed by atoms with Crippen molar-refractivity contribution in [3.63, 3.8) is 0 Å². The summed E-state index contributed by atoms with van der Waals surface area (Å²) in [7, 11) is 4.69. The number of carbonyl (C=O) groups is 3. The van der Waals surface area contributed by atoms with Gasteiger partial charge in [0.15, 0.2) is 5.75 Å². The highest BCUT2D eigenvalue weighted by Gasteiger charge is 2.38. The average Bonchev–Trinajstić information content (AvgIpc) is 3.06. The van der Waals surface area contributed by atoms with Gasteiger partial charge in [-0.05, 0) is 125 Å².